The van der Waals surface area contributed by atoms with Gasteiger partial charge in [-0.15, -0.1) is 11.3 Å². The molecule has 1 atom stereocenters. The zero-order valence-corrected chi connectivity index (χ0v) is 9.73. The second-order valence-electron chi connectivity index (χ2n) is 3.25. The number of nitrogens with two attached hydrogens (primary N) is 1. The van der Waals surface area contributed by atoms with Crippen LogP contribution in [0.2, 0.25) is 5.02 Å². The van der Waals surface area contributed by atoms with E-state index in [9.17, 15) is 0 Å². The number of furan rings is 1. The van der Waals surface area contributed by atoms with Gasteiger partial charge in [0.1, 0.15) is 0 Å². The van der Waals surface area contributed by atoms with E-state index in [0.29, 0.717) is 0 Å². The highest BCUT2D eigenvalue weighted by Gasteiger charge is 2.19. The Morgan fingerprint density at radius 2 is 2.40 bits per heavy atom. The average Bonchev–Trinajstić information content (AvgIpc) is 2.84. The van der Waals surface area contributed by atoms with Crippen molar-refractivity contribution in [3.05, 3.63) is 45.0 Å². The monoisotopic (exact) mass is 242 g/mol. The molecule has 0 saturated carbocycles. The fourth-order valence-corrected chi connectivity index (χ4v) is 2.80. The second-order valence-corrected chi connectivity index (χ2v) is 4.54. The first-order chi connectivity index (χ1) is 7.24. The maximum atomic E-state index is 6.18. The molecule has 3 N–H and O–H groups in total. The zero-order chi connectivity index (χ0) is 10.8. The molecule has 0 saturated heterocycles. The smallest absolute Gasteiger partial charge is 0.0954 e. The summed E-state index contributed by atoms with van der Waals surface area (Å²) in [6, 6.07) is 1.77. The van der Waals surface area contributed by atoms with Gasteiger partial charge in [-0.2, -0.15) is 0 Å². The van der Waals surface area contributed by atoms with E-state index in [2.05, 4.69) is 5.43 Å². The number of rotatable bonds is 3. The summed E-state index contributed by atoms with van der Waals surface area (Å²) < 4.78 is 5.03. The van der Waals surface area contributed by atoms with Gasteiger partial charge in [-0.25, -0.2) is 5.43 Å². The summed E-state index contributed by atoms with van der Waals surface area (Å²) in [6.07, 6.45) is 3.28. The van der Waals surface area contributed by atoms with Gasteiger partial charge in [0.15, 0.2) is 0 Å². The minimum absolute atomic E-state index is 0.102. The van der Waals surface area contributed by atoms with Crippen LogP contribution in [-0.2, 0) is 0 Å². The van der Waals surface area contributed by atoms with Gasteiger partial charge in [-0.1, -0.05) is 11.6 Å². The average molecular weight is 243 g/mol. The molecule has 0 aliphatic rings. The molecule has 0 aliphatic carbocycles. The third kappa shape index (κ3) is 1.94. The highest BCUT2D eigenvalue weighted by molar-refractivity contribution is 7.10. The van der Waals surface area contributed by atoms with Crippen molar-refractivity contribution in [2.24, 2.45) is 5.84 Å². The standard InChI is InChI=1S/C10H11ClN2OS/c1-6-5-15-10(8(6)11)9(13-12)7-2-3-14-4-7/h2-5,9,13H,12H2,1H3. The largest absolute Gasteiger partial charge is 0.472 e. The van der Waals surface area contributed by atoms with Crippen LogP contribution in [0.1, 0.15) is 22.0 Å². The quantitative estimate of drug-likeness (QED) is 0.643. The van der Waals surface area contributed by atoms with Crippen LogP contribution in [0.4, 0.5) is 0 Å². The molecule has 15 heavy (non-hydrogen) atoms. The Balaban J connectivity index is 2.40. The van der Waals surface area contributed by atoms with E-state index in [1.165, 1.54) is 0 Å². The van der Waals surface area contributed by atoms with Crippen molar-refractivity contribution >= 4 is 22.9 Å². The summed E-state index contributed by atoms with van der Waals surface area (Å²) in [5.41, 5.74) is 4.78. The van der Waals surface area contributed by atoms with Crippen molar-refractivity contribution in [2.75, 3.05) is 0 Å². The number of hydrogen-bond donors (Lipinski definition) is 2. The SMILES string of the molecule is Cc1csc(C(NN)c2ccoc2)c1Cl. The molecule has 1 unspecified atom stereocenters. The fourth-order valence-electron chi connectivity index (χ4n) is 1.41. The van der Waals surface area contributed by atoms with E-state index in [0.717, 1.165) is 21.0 Å². The van der Waals surface area contributed by atoms with Gasteiger partial charge in [-0.3, -0.25) is 5.84 Å². The molecule has 0 bridgehead atoms. The highest BCUT2D eigenvalue weighted by atomic mass is 35.5. The lowest BCUT2D eigenvalue weighted by Gasteiger charge is -2.12. The van der Waals surface area contributed by atoms with Gasteiger partial charge in [0.25, 0.3) is 0 Å². The molecule has 5 heteroatoms. The molecule has 2 rings (SSSR count). The number of nitrogens with one attached hydrogen (secondary N) is 1. The molecule has 0 aromatic carbocycles. The first kappa shape index (κ1) is 10.7. The summed E-state index contributed by atoms with van der Waals surface area (Å²) in [5.74, 6) is 5.53. The van der Waals surface area contributed by atoms with Gasteiger partial charge in [-0.05, 0) is 23.9 Å². The van der Waals surface area contributed by atoms with E-state index in [1.54, 1.807) is 23.9 Å². The molecule has 3 nitrogen and oxygen atoms in total. The predicted octanol–water partition coefficient (Wildman–Crippen LogP) is 2.86. The summed E-state index contributed by atoms with van der Waals surface area (Å²) in [6.45, 7) is 1.98. The fraction of sp³-hybridized carbons (Fsp3) is 0.200. The molecule has 2 aromatic rings. The lowest BCUT2D eigenvalue weighted by atomic mass is 10.1. The van der Waals surface area contributed by atoms with Gasteiger partial charge >= 0.3 is 0 Å². The second kappa shape index (κ2) is 4.37. The van der Waals surface area contributed by atoms with E-state index in [-0.39, 0.29) is 6.04 Å². The van der Waals surface area contributed by atoms with Crippen LogP contribution < -0.4 is 11.3 Å². The van der Waals surface area contributed by atoms with E-state index in [4.69, 9.17) is 21.9 Å². The lowest BCUT2D eigenvalue weighted by molar-refractivity contribution is 0.554. The number of aryl methyl sites for hydroxylation is 1. The molecule has 0 aliphatic heterocycles. The third-order valence-electron chi connectivity index (χ3n) is 2.23. The minimum atomic E-state index is -0.102. The first-order valence-corrected chi connectivity index (χ1v) is 5.71. The van der Waals surface area contributed by atoms with Crippen molar-refractivity contribution in [3.8, 4) is 0 Å². The van der Waals surface area contributed by atoms with Gasteiger partial charge in [0, 0.05) is 10.4 Å². The van der Waals surface area contributed by atoms with E-state index >= 15 is 0 Å². The molecule has 80 valence electrons. The molecule has 0 amide bonds. The Kier molecular flexibility index (Phi) is 3.11. The molecule has 2 heterocycles. The number of hydrazine groups is 1. The normalized spacial score (nSPS) is 13.0. The summed E-state index contributed by atoms with van der Waals surface area (Å²) in [4.78, 5) is 1.01. The van der Waals surface area contributed by atoms with Crippen LogP contribution in [-0.4, -0.2) is 0 Å². The van der Waals surface area contributed by atoms with Crippen LogP contribution in [0.25, 0.3) is 0 Å². The lowest BCUT2D eigenvalue weighted by Crippen LogP contribution is -2.28. The Morgan fingerprint density at radius 1 is 1.60 bits per heavy atom. The van der Waals surface area contributed by atoms with E-state index in [1.807, 2.05) is 18.4 Å². The molecular formula is C10H11ClN2OS. The predicted molar refractivity (Wildman–Crippen MR) is 61.9 cm³/mol. The van der Waals surface area contributed by atoms with Crippen molar-refractivity contribution in [1.82, 2.24) is 5.43 Å². The van der Waals surface area contributed by atoms with Crippen LogP contribution in [0.3, 0.4) is 0 Å². The van der Waals surface area contributed by atoms with Crippen LogP contribution >= 0.6 is 22.9 Å². The van der Waals surface area contributed by atoms with Crippen LogP contribution in [0.5, 0.6) is 0 Å². The van der Waals surface area contributed by atoms with Gasteiger partial charge in [0.2, 0.25) is 0 Å². The Labute approximate surface area is 96.8 Å². The zero-order valence-electron chi connectivity index (χ0n) is 8.16. The Hall–Kier alpha value is -0.810. The number of thiophene rings is 1. The first-order valence-electron chi connectivity index (χ1n) is 4.45. The summed E-state index contributed by atoms with van der Waals surface area (Å²) in [7, 11) is 0. The summed E-state index contributed by atoms with van der Waals surface area (Å²) in [5, 5.41) is 2.78. The Bertz CT molecular complexity index is 438. The Morgan fingerprint density at radius 3 is 2.87 bits per heavy atom. The van der Waals surface area contributed by atoms with Crippen molar-refractivity contribution in [1.29, 1.82) is 0 Å². The van der Waals surface area contributed by atoms with Crippen molar-refractivity contribution in [3.63, 3.8) is 0 Å². The van der Waals surface area contributed by atoms with Crippen molar-refractivity contribution < 1.29 is 4.42 Å². The van der Waals surface area contributed by atoms with Gasteiger partial charge in [0.05, 0.1) is 23.6 Å². The van der Waals surface area contributed by atoms with E-state index < -0.39 is 0 Å². The molecular weight excluding hydrogens is 232 g/mol. The number of hydrogen-bond acceptors (Lipinski definition) is 4. The molecule has 0 radical (unpaired) electrons. The topological polar surface area (TPSA) is 51.2 Å². The molecule has 0 fully saturated rings. The summed E-state index contributed by atoms with van der Waals surface area (Å²) >= 11 is 7.77. The molecule has 2 aromatic heterocycles. The highest BCUT2D eigenvalue weighted by Crippen LogP contribution is 2.35. The van der Waals surface area contributed by atoms with Crippen LogP contribution in [0, 0.1) is 6.92 Å². The third-order valence-corrected chi connectivity index (χ3v) is 4.01. The van der Waals surface area contributed by atoms with Gasteiger partial charge < -0.3 is 4.42 Å². The number of halogens is 1. The maximum absolute atomic E-state index is 6.18. The van der Waals surface area contributed by atoms with Crippen molar-refractivity contribution in [2.45, 2.75) is 13.0 Å². The molecule has 0 spiro atoms. The minimum Gasteiger partial charge on any atom is -0.472 e. The maximum Gasteiger partial charge on any atom is 0.0954 e. The van der Waals surface area contributed by atoms with Crippen LogP contribution in [0.15, 0.2) is 28.4 Å².